The van der Waals surface area contributed by atoms with Crippen LogP contribution in [0, 0.1) is 6.92 Å². The van der Waals surface area contributed by atoms with Crippen LogP contribution in [0.2, 0.25) is 0 Å². The van der Waals surface area contributed by atoms with Gasteiger partial charge in [0.2, 0.25) is 0 Å². The Morgan fingerprint density at radius 3 is 2.80 bits per heavy atom. The molecule has 0 saturated carbocycles. The van der Waals surface area contributed by atoms with Gasteiger partial charge in [0.25, 0.3) is 0 Å². The van der Waals surface area contributed by atoms with Crippen molar-refractivity contribution in [3.8, 4) is 0 Å². The normalized spacial score (nSPS) is 20.1. The summed E-state index contributed by atoms with van der Waals surface area (Å²) >= 11 is 1.71. The zero-order valence-corrected chi connectivity index (χ0v) is 13.6. The Morgan fingerprint density at radius 1 is 1.45 bits per heavy atom. The van der Waals surface area contributed by atoms with Crippen molar-refractivity contribution >= 4 is 27.3 Å². The van der Waals surface area contributed by atoms with Crippen molar-refractivity contribution < 1.29 is 8.42 Å². The highest BCUT2D eigenvalue weighted by molar-refractivity contribution is 8.01. The molecule has 0 radical (unpaired) electrons. The molecule has 1 unspecified atom stereocenters. The minimum atomic E-state index is -3.08. The fourth-order valence-electron chi connectivity index (χ4n) is 2.57. The highest BCUT2D eigenvalue weighted by atomic mass is 32.2. The summed E-state index contributed by atoms with van der Waals surface area (Å²) in [4.78, 5) is 2.04. The van der Waals surface area contributed by atoms with E-state index in [1.54, 1.807) is 11.8 Å². The fourth-order valence-corrected chi connectivity index (χ4v) is 5.41. The SMILES string of the molecule is Cc1cc(CCN)ccc1N1CCSCC1S(C)(=O)=O. The first-order chi connectivity index (χ1) is 9.43. The monoisotopic (exact) mass is 314 g/mol. The van der Waals surface area contributed by atoms with E-state index in [0.29, 0.717) is 12.3 Å². The number of nitrogens with zero attached hydrogens (tertiary/aromatic N) is 1. The molecule has 1 aromatic carbocycles. The van der Waals surface area contributed by atoms with Crippen LogP contribution in [0.3, 0.4) is 0 Å². The van der Waals surface area contributed by atoms with Gasteiger partial charge in [0.15, 0.2) is 9.84 Å². The molecule has 0 aliphatic carbocycles. The lowest BCUT2D eigenvalue weighted by atomic mass is 10.1. The third-order valence-electron chi connectivity index (χ3n) is 3.58. The molecule has 4 nitrogen and oxygen atoms in total. The van der Waals surface area contributed by atoms with E-state index in [-0.39, 0.29) is 0 Å². The van der Waals surface area contributed by atoms with Crippen molar-refractivity contribution in [1.82, 2.24) is 0 Å². The number of thioether (sulfide) groups is 1. The summed E-state index contributed by atoms with van der Waals surface area (Å²) in [7, 11) is -3.08. The van der Waals surface area contributed by atoms with Crippen LogP contribution in [0.5, 0.6) is 0 Å². The van der Waals surface area contributed by atoms with Crippen molar-refractivity contribution in [3.05, 3.63) is 29.3 Å². The van der Waals surface area contributed by atoms with E-state index in [1.165, 1.54) is 11.8 Å². The molecule has 20 heavy (non-hydrogen) atoms. The first kappa shape index (κ1) is 15.7. The third-order valence-corrected chi connectivity index (χ3v) is 6.23. The first-order valence-corrected chi connectivity index (χ1v) is 9.87. The second kappa shape index (κ2) is 6.37. The van der Waals surface area contributed by atoms with Gasteiger partial charge in [-0.3, -0.25) is 0 Å². The molecule has 0 aromatic heterocycles. The van der Waals surface area contributed by atoms with Crippen LogP contribution in [0.15, 0.2) is 18.2 Å². The summed E-state index contributed by atoms with van der Waals surface area (Å²) in [5.41, 5.74) is 8.93. The summed E-state index contributed by atoms with van der Waals surface area (Å²) in [6.45, 7) is 3.45. The van der Waals surface area contributed by atoms with Gasteiger partial charge in [0, 0.05) is 30.0 Å². The lowest BCUT2D eigenvalue weighted by Gasteiger charge is -2.36. The summed E-state index contributed by atoms with van der Waals surface area (Å²) in [6.07, 6.45) is 2.18. The summed E-state index contributed by atoms with van der Waals surface area (Å²) in [5, 5.41) is -0.416. The van der Waals surface area contributed by atoms with E-state index in [1.807, 2.05) is 17.9 Å². The number of hydrogen-bond acceptors (Lipinski definition) is 5. The molecular formula is C14H22N2O2S2. The van der Waals surface area contributed by atoms with Gasteiger partial charge in [-0.25, -0.2) is 8.42 Å². The molecule has 0 bridgehead atoms. The van der Waals surface area contributed by atoms with Crippen LogP contribution < -0.4 is 10.6 Å². The molecular weight excluding hydrogens is 292 g/mol. The number of sulfone groups is 1. The zero-order chi connectivity index (χ0) is 14.8. The maximum Gasteiger partial charge on any atom is 0.169 e. The van der Waals surface area contributed by atoms with E-state index in [0.717, 1.165) is 30.0 Å². The van der Waals surface area contributed by atoms with Crippen LogP contribution in [0.25, 0.3) is 0 Å². The molecule has 0 amide bonds. The zero-order valence-electron chi connectivity index (χ0n) is 12.0. The Hall–Kier alpha value is -0.720. The number of nitrogens with two attached hydrogens (primary N) is 1. The molecule has 1 aliphatic heterocycles. The van der Waals surface area contributed by atoms with Crippen LogP contribution >= 0.6 is 11.8 Å². The molecule has 1 heterocycles. The van der Waals surface area contributed by atoms with Gasteiger partial charge in [-0.1, -0.05) is 12.1 Å². The fraction of sp³-hybridized carbons (Fsp3) is 0.571. The van der Waals surface area contributed by atoms with Gasteiger partial charge in [0.1, 0.15) is 5.37 Å². The van der Waals surface area contributed by atoms with E-state index >= 15 is 0 Å². The van der Waals surface area contributed by atoms with E-state index < -0.39 is 15.2 Å². The molecule has 0 spiro atoms. The molecule has 2 N–H and O–H groups in total. The Labute approximate surface area is 125 Å². The molecule has 1 fully saturated rings. The van der Waals surface area contributed by atoms with E-state index in [4.69, 9.17) is 5.73 Å². The van der Waals surface area contributed by atoms with Crippen LogP contribution in [-0.2, 0) is 16.3 Å². The van der Waals surface area contributed by atoms with Gasteiger partial charge in [-0.2, -0.15) is 11.8 Å². The van der Waals surface area contributed by atoms with Gasteiger partial charge < -0.3 is 10.6 Å². The van der Waals surface area contributed by atoms with Crippen molar-refractivity contribution in [2.45, 2.75) is 18.7 Å². The predicted octanol–water partition coefficient (Wildman–Crippen LogP) is 1.42. The van der Waals surface area contributed by atoms with Gasteiger partial charge in [-0.15, -0.1) is 0 Å². The molecule has 1 aromatic rings. The number of benzene rings is 1. The topological polar surface area (TPSA) is 63.4 Å². The van der Waals surface area contributed by atoms with Gasteiger partial charge >= 0.3 is 0 Å². The molecule has 1 atom stereocenters. The quantitative estimate of drug-likeness (QED) is 0.910. The molecule has 6 heteroatoms. The molecule has 112 valence electrons. The van der Waals surface area contributed by atoms with Crippen molar-refractivity contribution in [2.24, 2.45) is 5.73 Å². The molecule has 1 aliphatic rings. The Kier molecular flexibility index (Phi) is 4.99. The van der Waals surface area contributed by atoms with E-state index in [9.17, 15) is 8.42 Å². The maximum atomic E-state index is 12.0. The smallest absolute Gasteiger partial charge is 0.169 e. The lowest BCUT2D eigenvalue weighted by Crippen LogP contribution is -2.47. The maximum absolute atomic E-state index is 12.0. The molecule has 1 saturated heterocycles. The van der Waals surface area contributed by atoms with Crippen LogP contribution in [0.4, 0.5) is 5.69 Å². The Bertz CT molecular complexity index is 573. The second-order valence-electron chi connectivity index (χ2n) is 5.21. The van der Waals surface area contributed by atoms with Gasteiger partial charge in [-0.05, 0) is 37.1 Å². The highest BCUT2D eigenvalue weighted by Crippen LogP contribution is 2.29. The third kappa shape index (κ3) is 3.48. The number of rotatable bonds is 4. The van der Waals surface area contributed by atoms with Crippen molar-refractivity contribution in [1.29, 1.82) is 0 Å². The summed E-state index contributed by atoms with van der Waals surface area (Å²) in [6, 6.07) is 6.20. The highest BCUT2D eigenvalue weighted by Gasteiger charge is 2.31. The standard InChI is InChI=1S/C14H22N2O2S2/c1-11-9-12(5-6-15)3-4-13(11)16-7-8-19-10-14(16)20(2,17)18/h3-4,9,14H,5-8,10,15H2,1-2H3. The summed E-state index contributed by atoms with van der Waals surface area (Å²) < 4.78 is 24.0. The van der Waals surface area contributed by atoms with Crippen LogP contribution in [0.1, 0.15) is 11.1 Å². The average molecular weight is 314 g/mol. The average Bonchev–Trinajstić information content (AvgIpc) is 2.38. The van der Waals surface area contributed by atoms with Crippen molar-refractivity contribution in [3.63, 3.8) is 0 Å². The number of aryl methyl sites for hydroxylation is 1. The Balaban J connectivity index is 2.33. The van der Waals surface area contributed by atoms with Gasteiger partial charge in [0.05, 0.1) is 0 Å². The number of anilines is 1. The minimum absolute atomic E-state index is 0.416. The number of hydrogen-bond donors (Lipinski definition) is 1. The predicted molar refractivity (Wildman–Crippen MR) is 87.2 cm³/mol. The largest absolute Gasteiger partial charge is 0.353 e. The Morgan fingerprint density at radius 2 is 2.20 bits per heavy atom. The summed E-state index contributed by atoms with van der Waals surface area (Å²) in [5.74, 6) is 1.61. The second-order valence-corrected chi connectivity index (χ2v) is 8.57. The lowest BCUT2D eigenvalue weighted by molar-refractivity contribution is 0.584. The minimum Gasteiger partial charge on any atom is -0.353 e. The molecule has 2 rings (SSSR count). The first-order valence-electron chi connectivity index (χ1n) is 6.76. The van der Waals surface area contributed by atoms with Crippen LogP contribution in [-0.4, -0.2) is 44.6 Å². The van der Waals surface area contributed by atoms with Crippen molar-refractivity contribution in [2.75, 3.05) is 35.8 Å². The van der Waals surface area contributed by atoms with E-state index in [2.05, 4.69) is 12.1 Å².